The van der Waals surface area contributed by atoms with Crippen LogP contribution in [-0.4, -0.2) is 24.5 Å². The van der Waals surface area contributed by atoms with Gasteiger partial charge in [-0.15, -0.1) is 0 Å². The molecule has 20 rings (SSSR count). The molecule has 0 radical (unpaired) electrons. The second kappa shape index (κ2) is 21.9. The minimum Gasteiger partial charge on any atom is -0.337 e. The minimum atomic E-state index is -0.250. The summed E-state index contributed by atoms with van der Waals surface area (Å²) in [4.78, 5) is 5.28. The fourth-order valence-electron chi connectivity index (χ4n) is 18.5. The van der Waals surface area contributed by atoms with E-state index in [0.717, 1.165) is 0 Å². The summed E-state index contributed by atoms with van der Waals surface area (Å²) in [6, 6.07) is 121. The molecule has 0 saturated heterocycles. The monoisotopic (exact) mass is 1270 g/mol. The smallest absolute Gasteiger partial charge is 0.248 e. The number of nitrogens with zero attached hydrogens (tertiary/aromatic N) is 2. The number of benzene rings is 16. The van der Waals surface area contributed by atoms with Crippen molar-refractivity contribution < 1.29 is 0 Å². The van der Waals surface area contributed by atoms with Crippen molar-refractivity contribution in [2.24, 2.45) is 0 Å². The molecule has 0 aromatic heterocycles. The van der Waals surface area contributed by atoms with Gasteiger partial charge in [-0.25, -0.2) is 0 Å². The standard InChI is InChI=1S/C96H70B2N2/c1-95(2,3)99-83-47-27-25-45-79(83)97-81-57-77-76(88-71(63-39-21-11-22-40-63)53-66(60-33-15-8-16-34-60)54-72(88)64-41-23-12-24-42-64)56-74-68-44-30-50-86-94(68)98(80-46-26-28-48-84(80)100(86)96(4,5)6)82-58-78-75(55-73(67-43-29-49-85(99)93(67)97)89(81)91(78)92(77)90(74)82)87-69(61-35-17-9-18-36-61)51-65(59-31-13-7-14-32-59)52-70(87)62-37-19-10-20-38-62/h7-58H,1-6H3. The highest BCUT2D eigenvalue weighted by molar-refractivity contribution is 7.02. The van der Waals surface area contributed by atoms with Crippen molar-refractivity contribution >= 4 is 101 Å². The molecule has 0 saturated carbocycles. The van der Waals surface area contributed by atoms with Gasteiger partial charge in [0.1, 0.15) is 0 Å². The average molecular weight is 1270 g/mol. The highest BCUT2D eigenvalue weighted by Crippen LogP contribution is 2.56. The first-order valence-corrected chi connectivity index (χ1v) is 35.5. The third-order valence-electron chi connectivity index (χ3n) is 22.3. The Labute approximate surface area is 586 Å². The first-order valence-electron chi connectivity index (χ1n) is 35.5. The van der Waals surface area contributed by atoms with Gasteiger partial charge in [0, 0.05) is 33.8 Å². The first-order chi connectivity index (χ1) is 48.9. The zero-order chi connectivity index (χ0) is 66.9. The molecular formula is C96H70B2N2. The number of hydrogen-bond donors (Lipinski definition) is 0. The molecule has 100 heavy (non-hydrogen) atoms. The largest absolute Gasteiger partial charge is 0.337 e. The van der Waals surface area contributed by atoms with E-state index in [1.165, 1.54) is 199 Å². The quantitative estimate of drug-likeness (QED) is 0.111. The molecule has 4 heterocycles. The van der Waals surface area contributed by atoms with Crippen molar-refractivity contribution in [1.29, 1.82) is 0 Å². The van der Waals surface area contributed by atoms with Crippen molar-refractivity contribution in [3.05, 3.63) is 315 Å². The van der Waals surface area contributed by atoms with E-state index in [0.29, 0.717) is 0 Å². The van der Waals surface area contributed by atoms with Gasteiger partial charge in [0.2, 0.25) is 13.4 Å². The van der Waals surface area contributed by atoms with Gasteiger partial charge < -0.3 is 9.80 Å². The summed E-state index contributed by atoms with van der Waals surface area (Å²) >= 11 is 0. The number of para-hydroxylation sites is 2. The fraction of sp³-hybridized carbons (Fsp3) is 0.0833. The van der Waals surface area contributed by atoms with E-state index in [4.69, 9.17) is 0 Å². The summed E-state index contributed by atoms with van der Waals surface area (Å²) in [6.45, 7) is 14.1. The Balaban J connectivity index is 1.05. The summed E-state index contributed by atoms with van der Waals surface area (Å²) in [7, 11) is 0. The van der Waals surface area contributed by atoms with Crippen LogP contribution in [0.2, 0.25) is 0 Å². The summed E-state index contributed by atoms with van der Waals surface area (Å²) in [6.07, 6.45) is 0. The Morgan fingerprint density at radius 2 is 0.500 bits per heavy atom. The topological polar surface area (TPSA) is 6.48 Å². The third kappa shape index (κ3) is 8.59. The maximum Gasteiger partial charge on any atom is 0.248 e. The van der Waals surface area contributed by atoms with Gasteiger partial charge in [-0.2, -0.15) is 0 Å². The normalized spacial score (nSPS) is 13.2. The average Bonchev–Trinajstić information content (AvgIpc) is 0.663. The van der Waals surface area contributed by atoms with Crippen molar-refractivity contribution in [3.8, 4) is 111 Å². The first kappa shape index (κ1) is 58.4. The van der Waals surface area contributed by atoms with Crippen LogP contribution in [0.1, 0.15) is 41.5 Å². The zero-order valence-corrected chi connectivity index (χ0v) is 57.1. The molecule has 16 aromatic carbocycles. The van der Waals surface area contributed by atoms with Crippen LogP contribution in [0.5, 0.6) is 0 Å². The Hall–Kier alpha value is -11.7. The number of rotatable bonds is 8. The lowest BCUT2D eigenvalue weighted by Gasteiger charge is -2.47. The molecule has 2 nitrogen and oxygen atoms in total. The van der Waals surface area contributed by atoms with Gasteiger partial charge in [-0.1, -0.05) is 266 Å². The van der Waals surface area contributed by atoms with Crippen LogP contribution in [0, 0.1) is 0 Å². The molecular weight excluding hydrogens is 1200 g/mol. The van der Waals surface area contributed by atoms with E-state index < -0.39 is 0 Å². The van der Waals surface area contributed by atoms with Crippen molar-refractivity contribution in [2.45, 2.75) is 52.6 Å². The number of fused-ring (bicyclic) bond motifs is 8. The lowest BCUT2D eigenvalue weighted by atomic mass is 9.31. The maximum absolute atomic E-state index is 2.73. The highest BCUT2D eigenvalue weighted by atomic mass is 15.2. The Kier molecular flexibility index (Phi) is 12.8. The fourth-order valence-corrected chi connectivity index (χ4v) is 18.5. The van der Waals surface area contributed by atoms with Crippen LogP contribution in [0.3, 0.4) is 0 Å². The summed E-state index contributed by atoms with van der Waals surface area (Å²) < 4.78 is 0. The van der Waals surface area contributed by atoms with Crippen LogP contribution in [0.4, 0.5) is 22.7 Å². The van der Waals surface area contributed by atoms with Crippen LogP contribution < -0.4 is 42.6 Å². The summed E-state index contributed by atoms with van der Waals surface area (Å²) in [5.41, 5.74) is 36.9. The predicted molar refractivity (Wildman–Crippen MR) is 430 cm³/mol. The highest BCUT2D eigenvalue weighted by Gasteiger charge is 2.47. The van der Waals surface area contributed by atoms with Crippen molar-refractivity contribution in [2.75, 3.05) is 9.80 Å². The van der Waals surface area contributed by atoms with Crippen LogP contribution >= 0.6 is 0 Å². The van der Waals surface area contributed by atoms with Gasteiger partial charge in [0.25, 0.3) is 0 Å². The van der Waals surface area contributed by atoms with E-state index in [2.05, 4.69) is 367 Å². The van der Waals surface area contributed by atoms with E-state index in [-0.39, 0.29) is 24.5 Å². The molecule has 0 spiro atoms. The van der Waals surface area contributed by atoms with E-state index in [1.807, 2.05) is 0 Å². The maximum atomic E-state index is 2.73. The Bertz CT molecular complexity index is 5540. The van der Waals surface area contributed by atoms with Gasteiger partial charge in [-0.3, -0.25) is 0 Å². The van der Waals surface area contributed by atoms with E-state index >= 15 is 0 Å². The zero-order valence-electron chi connectivity index (χ0n) is 57.1. The van der Waals surface area contributed by atoms with Gasteiger partial charge >= 0.3 is 0 Å². The van der Waals surface area contributed by atoms with E-state index in [1.54, 1.807) is 0 Å². The van der Waals surface area contributed by atoms with Gasteiger partial charge in [-0.05, 0) is 268 Å². The minimum absolute atomic E-state index is 0.0877. The second-order valence-corrected chi connectivity index (χ2v) is 30.0. The lowest BCUT2D eigenvalue weighted by molar-refractivity contribution is 0.561. The van der Waals surface area contributed by atoms with Crippen LogP contribution in [-0.2, 0) is 0 Å². The lowest BCUT2D eigenvalue weighted by Crippen LogP contribution is -2.62. The van der Waals surface area contributed by atoms with Gasteiger partial charge in [0.05, 0.1) is 0 Å². The second-order valence-electron chi connectivity index (χ2n) is 30.0. The molecule has 0 amide bonds. The molecule has 0 N–H and O–H groups in total. The predicted octanol–water partition coefficient (Wildman–Crippen LogP) is 21.4. The molecule has 0 bridgehead atoms. The number of anilines is 4. The Morgan fingerprint density at radius 3 is 0.820 bits per heavy atom. The molecule has 0 aliphatic carbocycles. The molecule has 16 aromatic rings. The SMILES string of the molecule is CC(C)(C)N1c2ccccc2B2c3c(cccc31)-c1cc(-c3c(-c4ccccc4)cc(-c4ccccc4)cc3-c3ccccc3)c3cc4c5c(cc(-c6c(-c7ccccc7)cc(-c7ccccc7)cc6-c6ccccc6)c6cc2c1c3c65)-c1cccc2c1B4c1ccccc1N2C(C)(C)C. The summed E-state index contributed by atoms with van der Waals surface area (Å²) in [5, 5.41) is 7.85. The molecule has 0 fully saturated rings. The molecule has 470 valence electrons. The Morgan fingerprint density at radius 1 is 0.210 bits per heavy atom. The van der Waals surface area contributed by atoms with E-state index in [9.17, 15) is 0 Å². The molecule has 4 heteroatoms. The van der Waals surface area contributed by atoms with Crippen LogP contribution in [0.25, 0.3) is 144 Å². The number of hydrogen-bond acceptors (Lipinski definition) is 2. The van der Waals surface area contributed by atoms with Crippen molar-refractivity contribution in [3.63, 3.8) is 0 Å². The van der Waals surface area contributed by atoms with Gasteiger partial charge in [0.15, 0.2) is 0 Å². The molecule has 4 aliphatic heterocycles. The summed E-state index contributed by atoms with van der Waals surface area (Å²) in [5.74, 6) is 0. The molecule has 4 aliphatic rings. The van der Waals surface area contributed by atoms with Crippen molar-refractivity contribution in [1.82, 2.24) is 0 Å². The third-order valence-corrected chi connectivity index (χ3v) is 22.3. The van der Waals surface area contributed by atoms with Crippen LogP contribution in [0.15, 0.2) is 315 Å². The molecule has 0 unspecified atom stereocenters. The molecule has 0 atom stereocenters.